The number of non-ortho nitro benzene ring substituents is 1. The number of rotatable bonds is 6. The minimum Gasteiger partial charge on any atom is -0.495 e. The van der Waals surface area contributed by atoms with Crippen LogP contribution in [0.25, 0.3) is 22.8 Å². The molecule has 0 aliphatic heterocycles. The Morgan fingerprint density at radius 3 is 2.61 bits per heavy atom. The first-order valence-corrected chi connectivity index (χ1v) is 10.2. The number of nitro groups is 1. The predicted octanol–water partition coefficient (Wildman–Crippen LogP) is 4.95. The van der Waals surface area contributed by atoms with E-state index in [9.17, 15) is 14.9 Å². The van der Waals surface area contributed by atoms with Gasteiger partial charge in [-0.2, -0.15) is 4.80 Å². The number of benzene rings is 3. The van der Waals surface area contributed by atoms with Crippen LogP contribution in [0.15, 0.2) is 60.7 Å². The zero-order valence-electron chi connectivity index (χ0n) is 17.7. The van der Waals surface area contributed by atoms with Gasteiger partial charge in [0.15, 0.2) is 0 Å². The van der Waals surface area contributed by atoms with E-state index in [1.54, 1.807) is 43.5 Å². The van der Waals surface area contributed by atoms with Gasteiger partial charge in [0.1, 0.15) is 16.8 Å². The number of aromatic nitrogens is 3. The van der Waals surface area contributed by atoms with Crippen LogP contribution < -0.4 is 10.1 Å². The van der Waals surface area contributed by atoms with E-state index in [4.69, 9.17) is 16.3 Å². The van der Waals surface area contributed by atoms with E-state index in [0.29, 0.717) is 38.7 Å². The molecule has 0 spiro atoms. The molecular weight excluding hydrogens is 446 g/mol. The quantitative estimate of drug-likeness (QED) is 0.246. The van der Waals surface area contributed by atoms with Gasteiger partial charge in [-0.1, -0.05) is 23.7 Å². The van der Waals surface area contributed by atoms with Gasteiger partial charge in [0.05, 0.1) is 22.7 Å². The number of carbonyl (C=O) groups is 1. The first-order valence-electron chi connectivity index (χ1n) is 9.79. The highest BCUT2D eigenvalue weighted by Gasteiger charge is 2.11. The lowest BCUT2D eigenvalue weighted by molar-refractivity contribution is -0.384. The van der Waals surface area contributed by atoms with E-state index in [1.165, 1.54) is 29.1 Å². The van der Waals surface area contributed by atoms with Gasteiger partial charge in [-0.25, -0.2) is 0 Å². The molecule has 0 radical (unpaired) electrons. The Labute approximate surface area is 193 Å². The highest BCUT2D eigenvalue weighted by Crippen LogP contribution is 2.27. The van der Waals surface area contributed by atoms with Crippen molar-refractivity contribution >= 4 is 46.0 Å². The highest BCUT2D eigenvalue weighted by molar-refractivity contribution is 6.32. The molecule has 0 bridgehead atoms. The Hall–Kier alpha value is -4.24. The standard InChI is InChI=1S/C23H18ClN5O4/c1-14-10-20-21(27-28(26-20)16-7-8-22(33-2)18(24)12-16)13-19(14)25-23(30)9-6-15-4-3-5-17(11-15)29(31)32/h3-13H,1-2H3,(H,25,30)/b9-6+. The fraction of sp³-hybridized carbons (Fsp3) is 0.0870. The monoisotopic (exact) mass is 463 g/mol. The zero-order chi connectivity index (χ0) is 23.5. The molecule has 1 aromatic heterocycles. The summed E-state index contributed by atoms with van der Waals surface area (Å²) in [4.78, 5) is 24.3. The van der Waals surface area contributed by atoms with Gasteiger partial charge in [-0.05, 0) is 54.5 Å². The first-order chi connectivity index (χ1) is 15.8. The number of hydrogen-bond acceptors (Lipinski definition) is 6. The summed E-state index contributed by atoms with van der Waals surface area (Å²) in [5.41, 5.74) is 3.80. The third-order valence-corrected chi connectivity index (χ3v) is 5.15. The molecule has 9 nitrogen and oxygen atoms in total. The maximum Gasteiger partial charge on any atom is 0.270 e. The second kappa shape index (κ2) is 9.09. The molecule has 0 saturated carbocycles. The van der Waals surface area contributed by atoms with Crippen LogP contribution in [-0.4, -0.2) is 32.9 Å². The van der Waals surface area contributed by atoms with E-state index in [1.807, 2.05) is 13.0 Å². The van der Waals surface area contributed by atoms with E-state index < -0.39 is 4.92 Å². The van der Waals surface area contributed by atoms with Crippen molar-refractivity contribution in [1.29, 1.82) is 0 Å². The van der Waals surface area contributed by atoms with E-state index in [-0.39, 0.29) is 11.6 Å². The number of amides is 1. The summed E-state index contributed by atoms with van der Waals surface area (Å²) in [5, 5.41) is 23.1. The van der Waals surface area contributed by atoms with E-state index in [0.717, 1.165) is 5.56 Å². The summed E-state index contributed by atoms with van der Waals surface area (Å²) in [7, 11) is 1.54. The van der Waals surface area contributed by atoms with Crippen LogP contribution in [-0.2, 0) is 4.79 Å². The van der Waals surface area contributed by atoms with Gasteiger partial charge < -0.3 is 10.1 Å². The van der Waals surface area contributed by atoms with Gasteiger partial charge in [0, 0.05) is 23.9 Å². The number of methoxy groups -OCH3 is 1. The minimum atomic E-state index is -0.483. The van der Waals surface area contributed by atoms with Crippen molar-refractivity contribution in [2.24, 2.45) is 0 Å². The van der Waals surface area contributed by atoms with Crippen LogP contribution in [0, 0.1) is 17.0 Å². The molecule has 0 atom stereocenters. The molecule has 1 heterocycles. The average Bonchev–Trinajstić information content (AvgIpc) is 3.20. The van der Waals surface area contributed by atoms with Gasteiger partial charge in [-0.3, -0.25) is 14.9 Å². The van der Waals surface area contributed by atoms with Crippen molar-refractivity contribution in [3.05, 3.63) is 86.9 Å². The van der Waals surface area contributed by atoms with Crippen LogP contribution in [0.2, 0.25) is 5.02 Å². The van der Waals surface area contributed by atoms with Crippen molar-refractivity contribution in [2.45, 2.75) is 6.92 Å². The third-order valence-electron chi connectivity index (χ3n) is 4.86. The SMILES string of the molecule is COc1ccc(-n2nc3cc(C)c(NC(=O)/C=C/c4cccc([N+](=O)[O-])c4)cc3n2)cc1Cl. The fourth-order valence-electron chi connectivity index (χ4n) is 3.19. The Bertz CT molecular complexity index is 1410. The Balaban J connectivity index is 1.55. The lowest BCUT2D eigenvalue weighted by atomic mass is 10.1. The van der Waals surface area contributed by atoms with Crippen molar-refractivity contribution in [2.75, 3.05) is 12.4 Å². The van der Waals surface area contributed by atoms with Gasteiger partial charge in [0.2, 0.25) is 5.91 Å². The average molecular weight is 464 g/mol. The molecule has 3 aromatic carbocycles. The van der Waals surface area contributed by atoms with Crippen LogP contribution in [0.4, 0.5) is 11.4 Å². The van der Waals surface area contributed by atoms with Crippen molar-refractivity contribution < 1.29 is 14.5 Å². The topological polar surface area (TPSA) is 112 Å². The number of nitro benzene ring substituents is 1. The van der Waals surface area contributed by atoms with Crippen LogP contribution in [0.1, 0.15) is 11.1 Å². The summed E-state index contributed by atoms with van der Waals surface area (Å²) in [6, 6.07) is 14.8. The lowest BCUT2D eigenvalue weighted by Gasteiger charge is -2.05. The lowest BCUT2D eigenvalue weighted by Crippen LogP contribution is -2.08. The molecule has 0 aliphatic carbocycles. The molecule has 0 saturated heterocycles. The molecule has 4 rings (SSSR count). The molecule has 10 heteroatoms. The number of hydrogen-bond donors (Lipinski definition) is 1. The third kappa shape index (κ3) is 4.83. The number of halogens is 1. The molecule has 33 heavy (non-hydrogen) atoms. The van der Waals surface area contributed by atoms with E-state index >= 15 is 0 Å². The largest absolute Gasteiger partial charge is 0.495 e. The van der Waals surface area contributed by atoms with Crippen molar-refractivity contribution in [3.63, 3.8) is 0 Å². The van der Waals surface area contributed by atoms with Crippen molar-refractivity contribution in [3.8, 4) is 11.4 Å². The number of fused-ring (bicyclic) bond motifs is 1. The molecule has 1 N–H and O–H groups in total. The molecule has 4 aromatic rings. The van der Waals surface area contributed by atoms with Crippen molar-refractivity contribution in [1.82, 2.24) is 15.0 Å². The van der Waals surface area contributed by atoms with E-state index in [2.05, 4.69) is 15.5 Å². The van der Waals surface area contributed by atoms with Gasteiger partial charge in [0.25, 0.3) is 5.69 Å². The minimum absolute atomic E-state index is 0.0416. The Kier molecular flexibility index (Phi) is 6.05. The van der Waals surface area contributed by atoms with Gasteiger partial charge in [-0.15, -0.1) is 10.2 Å². The normalized spacial score (nSPS) is 11.1. The zero-order valence-corrected chi connectivity index (χ0v) is 18.4. The molecule has 1 amide bonds. The van der Waals surface area contributed by atoms with Crippen LogP contribution >= 0.6 is 11.6 Å². The molecule has 166 valence electrons. The molecule has 0 unspecified atom stereocenters. The fourth-order valence-corrected chi connectivity index (χ4v) is 3.44. The van der Waals surface area contributed by atoms with Crippen LogP contribution in [0.3, 0.4) is 0 Å². The second-order valence-corrected chi connectivity index (χ2v) is 7.55. The first kappa shape index (κ1) is 22.0. The number of nitrogens with zero attached hydrogens (tertiary/aromatic N) is 4. The number of anilines is 1. The summed E-state index contributed by atoms with van der Waals surface area (Å²) in [5.74, 6) is 0.175. The Morgan fingerprint density at radius 1 is 1.15 bits per heavy atom. The summed E-state index contributed by atoms with van der Waals surface area (Å²) < 4.78 is 5.17. The molecule has 0 fully saturated rings. The molecule has 0 aliphatic rings. The summed E-state index contributed by atoms with van der Waals surface area (Å²) in [6.07, 6.45) is 2.83. The number of aryl methyl sites for hydroxylation is 1. The van der Waals surface area contributed by atoms with Gasteiger partial charge >= 0.3 is 0 Å². The summed E-state index contributed by atoms with van der Waals surface area (Å²) in [6.45, 7) is 1.85. The maximum atomic E-state index is 12.4. The van der Waals surface area contributed by atoms with Crippen LogP contribution in [0.5, 0.6) is 5.75 Å². The molecular formula is C23H18ClN5O4. The number of carbonyl (C=O) groups excluding carboxylic acids is 1. The predicted molar refractivity (Wildman–Crippen MR) is 126 cm³/mol. The Morgan fingerprint density at radius 2 is 1.91 bits per heavy atom. The smallest absolute Gasteiger partial charge is 0.270 e. The number of nitrogens with one attached hydrogen (secondary N) is 1. The summed E-state index contributed by atoms with van der Waals surface area (Å²) >= 11 is 6.20. The second-order valence-electron chi connectivity index (χ2n) is 7.14. The number of ether oxygens (including phenoxy) is 1. The highest BCUT2D eigenvalue weighted by atomic mass is 35.5. The maximum absolute atomic E-state index is 12.4.